The number of likely N-dealkylation sites (tertiary alicyclic amines) is 1. The Morgan fingerprint density at radius 1 is 1.07 bits per heavy atom. The predicted octanol–water partition coefficient (Wildman–Crippen LogP) is 3.48. The molecule has 0 radical (unpaired) electrons. The second-order valence-corrected chi connectivity index (χ2v) is 10.5. The summed E-state index contributed by atoms with van der Waals surface area (Å²) in [5.41, 5.74) is -0.406. The highest BCUT2D eigenvalue weighted by molar-refractivity contribution is 5.08. The van der Waals surface area contributed by atoms with Gasteiger partial charge in [0.2, 0.25) is 5.79 Å². The largest absolute Gasteiger partial charge is 0.396 e. The fourth-order valence-corrected chi connectivity index (χ4v) is 6.87. The van der Waals surface area contributed by atoms with Gasteiger partial charge in [-0.25, -0.2) is 9.78 Å². The second-order valence-electron chi connectivity index (χ2n) is 10.5. The van der Waals surface area contributed by atoms with Crippen LogP contribution < -0.4 is 0 Å². The third-order valence-electron chi connectivity index (χ3n) is 8.77. The number of aliphatic hydroxyl groups excluding tert-OH is 1. The minimum atomic E-state index is -0.667. The van der Waals surface area contributed by atoms with E-state index in [1.807, 2.05) is 6.92 Å². The standard InChI is InChI=1S/C23H39NO5/c1-16-19-6-3-5-18-8-11-22(2)27-21(23(18,19)29-28-22)26-20(16)7-4-12-24-13-9-17(15-25)10-14-24/h16-21,25H,3-15H2,1-2H3. The molecule has 1 saturated carbocycles. The minimum absolute atomic E-state index is 0.232. The number of hydrogen-bond acceptors (Lipinski definition) is 6. The van der Waals surface area contributed by atoms with Crippen molar-refractivity contribution in [2.45, 2.75) is 95.4 Å². The molecular weight excluding hydrogens is 370 g/mol. The van der Waals surface area contributed by atoms with Gasteiger partial charge >= 0.3 is 0 Å². The highest BCUT2D eigenvalue weighted by atomic mass is 17.3. The van der Waals surface area contributed by atoms with Crippen molar-refractivity contribution >= 4 is 0 Å². The van der Waals surface area contributed by atoms with Gasteiger partial charge in [0.1, 0.15) is 0 Å². The number of rotatable bonds is 5. The Kier molecular flexibility index (Phi) is 5.72. The number of piperidine rings is 1. The number of ether oxygens (including phenoxy) is 2. The predicted molar refractivity (Wildman–Crippen MR) is 108 cm³/mol. The Hall–Kier alpha value is -0.240. The van der Waals surface area contributed by atoms with Gasteiger partial charge in [0.05, 0.1) is 6.10 Å². The molecule has 5 saturated heterocycles. The molecule has 6 rings (SSSR count). The maximum absolute atomic E-state index is 9.34. The number of aliphatic hydroxyl groups is 1. The third-order valence-corrected chi connectivity index (χ3v) is 8.77. The zero-order valence-electron chi connectivity index (χ0n) is 18.2. The fourth-order valence-electron chi connectivity index (χ4n) is 6.87. The van der Waals surface area contributed by atoms with E-state index in [1.165, 1.54) is 19.3 Å². The lowest BCUT2D eigenvalue weighted by Gasteiger charge is -2.59. The van der Waals surface area contributed by atoms with Gasteiger partial charge in [0.25, 0.3) is 0 Å². The molecule has 1 spiro atoms. The average molecular weight is 410 g/mol. The van der Waals surface area contributed by atoms with Crippen LogP contribution in [0.5, 0.6) is 0 Å². The van der Waals surface area contributed by atoms with Gasteiger partial charge in [-0.3, -0.25) is 0 Å². The highest BCUT2D eigenvalue weighted by Gasteiger charge is 2.67. The van der Waals surface area contributed by atoms with Gasteiger partial charge in [-0.1, -0.05) is 13.3 Å². The van der Waals surface area contributed by atoms with Gasteiger partial charge in [0, 0.05) is 18.9 Å². The molecular formula is C23H39NO5. The molecule has 0 aromatic rings. The monoisotopic (exact) mass is 409 g/mol. The number of nitrogens with zero attached hydrogens (tertiary/aromatic N) is 1. The van der Waals surface area contributed by atoms with Crippen molar-refractivity contribution in [3.05, 3.63) is 0 Å². The molecule has 7 atom stereocenters. The van der Waals surface area contributed by atoms with Crippen molar-refractivity contribution in [3.63, 3.8) is 0 Å². The molecule has 1 N–H and O–H groups in total. The van der Waals surface area contributed by atoms with Crippen molar-refractivity contribution in [2.75, 3.05) is 26.2 Å². The topological polar surface area (TPSA) is 60.4 Å². The van der Waals surface area contributed by atoms with E-state index >= 15 is 0 Å². The maximum Gasteiger partial charge on any atom is 0.201 e. The Morgan fingerprint density at radius 2 is 1.90 bits per heavy atom. The maximum atomic E-state index is 9.34. The molecule has 1 aliphatic carbocycles. The fraction of sp³-hybridized carbons (Fsp3) is 1.00. The Balaban J connectivity index is 1.23. The molecule has 5 aliphatic heterocycles. The normalized spacial score (nSPS) is 48.3. The van der Waals surface area contributed by atoms with Crippen LogP contribution in [0.1, 0.15) is 71.6 Å². The van der Waals surface area contributed by atoms with E-state index in [1.54, 1.807) is 0 Å². The molecule has 166 valence electrons. The van der Waals surface area contributed by atoms with Crippen molar-refractivity contribution in [3.8, 4) is 0 Å². The van der Waals surface area contributed by atoms with Gasteiger partial charge in [-0.2, -0.15) is 0 Å². The number of hydrogen-bond donors (Lipinski definition) is 1. The molecule has 5 heterocycles. The zero-order valence-corrected chi connectivity index (χ0v) is 18.2. The quantitative estimate of drug-likeness (QED) is 0.702. The van der Waals surface area contributed by atoms with Crippen molar-refractivity contribution in [1.82, 2.24) is 4.90 Å². The number of fused-ring (bicyclic) bond motifs is 2. The minimum Gasteiger partial charge on any atom is -0.396 e. The second kappa shape index (κ2) is 8.03. The SMILES string of the molecule is CC1C(CCCN2CCC(CO)CC2)OC2OC3(C)CCC4CCCC1C42OO3. The van der Waals surface area contributed by atoms with Crippen molar-refractivity contribution in [2.24, 2.45) is 23.7 Å². The lowest BCUT2D eigenvalue weighted by atomic mass is 9.60. The van der Waals surface area contributed by atoms with Crippen LogP contribution in [0.15, 0.2) is 0 Å². The van der Waals surface area contributed by atoms with Crippen molar-refractivity contribution < 1.29 is 24.4 Å². The van der Waals surface area contributed by atoms with Crippen LogP contribution >= 0.6 is 0 Å². The molecule has 6 heteroatoms. The summed E-state index contributed by atoms with van der Waals surface area (Å²) in [6, 6.07) is 0. The Bertz CT molecular complexity index is 582. The Labute approximate surface area is 175 Å². The zero-order chi connectivity index (χ0) is 20.1. The molecule has 6 aliphatic rings. The first-order chi connectivity index (χ1) is 14.0. The van der Waals surface area contributed by atoms with Gasteiger partial charge in [0.15, 0.2) is 11.9 Å². The molecule has 0 amide bonds. The molecule has 29 heavy (non-hydrogen) atoms. The van der Waals surface area contributed by atoms with Gasteiger partial charge < -0.3 is 19.5 Å². The smallest absolute Gasteiger partial charge is 0.201 e. The average Bonchev–Trinajstić information content (AvgIpc) is 2.96. The van der Waals surface area contributed by atoms with E-state index in [-0.39, 0.29) is 12.4 Å². The third kappa shape index (κ3) is 3.58. The molecule has 7 unspecified atom stereocenters. The lowest BCUT2D eigenvalue weighted by molar-refractivity contribution is -0.569. The lowest BCUT2D eigenvalue weighted by Crippen LogP contribution is -2.69. The summed E-state index contributed by atoms with van der Waals surface area (Å²) in [6.07, 6.45) is 10.1. The van der Waals surface area contributed by atoms with E-state index in [0.29, 0.717) is 30.3 Å². The highest BCUT2D eigenvalue weighted by Crippen LogP contribution is 2.59. The summed E-state index contributed by atoms with van der Waals surface area (Å²) in [5, 5.41) is 9.34. The summed E-state index contributed by atoms with van der Waals surface area (Å²) in [6.45, 7) is 8.07. The van der Waals surface area contributed by atoms with Crippen LogP contribution in [0.2, 0.25) is 0 Å². The summed E-state index contributed by atoms with van der Waals surface area (Å²) < 4.78 is 13.1. The van der Waals surface area contributed by atoms with Gasteiger partial charge in [-0.15, -0.1) is 0 Å². The van der Waals surface area contributed by atoms with Crippen molar-refractivity contribution in [1.29, 1.82) is 0 Å². The Morgan fingerprint density at radius 3 is 2.69 bits per heavy atom. The van der Waals surface area contributed by atoms with E-state index in [9.17, 15) is 5.11 Å². The van der Waals surface area contributed by atoms with E-state index < -0.39 is 11.4 Å². The van der Waals surface area contributed by atoms with E-state index in [0.717, 1.165) is 58.2 Å². The van der Waals surface area contributed by atoms with Crippen LogP contribution in [-0.2, 0) is 19.2 Å². The van der Waals surface area contributed by atoms with E-state index in [2.05, 4.69) is 11.8 Å². The van der Waals surface area contributed by atoms with Crippen LogP contribution in [0.25, 0.3) is 0 Å². The summed E-state index contributed by atoms with van der Waals surface area (Å²) in [7, 11) is 0. The summed E-state index contributed by atoms with van der Waals surface area (Å²) in [4.78, 5) is 14.6. The molecule has 6 nitrogen and oxygen atoms in total. The van der Waals surface area contributed by atoms with Crippen LogP contribution in [0, 0.1) is 23.7 Å². The van der Waals surface area contributed by atoms with Crippen LogP contribution in [-0.4, -0.2) is 60.0 Å². The first-order valence-corrected chi connectivity index (χ1v) is 12.1. The summed E-state index contributed by atoms with van der Waals surface area (Å²) in [5.74, 6) is 1.23. The molecule has 2 bridgehead atoms. The summed E-state index contributed by atoms with van der Waals surface area (Å²) >= 11 is 0. The van der Waals surface area contributed by atoms with Gasteiger partial charge in [-0.05, 0) is 89.3 Å². The van der Waals surface area contributed by atoms with Crippen LogP contribution in [0.3, 0.4) is 0 Å². The first kappa shape index (κ1) is 20.7. The molecule has 0 aromatic heterocycles. The molecule has 6 fully saturated rings. The van der Waals surface area contributed by atoms with E-state index in [4.69, 9.17) is 19.2 Å². The first-order valence-electron chi connectivity index (χ1n) is 12.1. The van der Waals surface area contributed by atoms with Crippen LogP contribution in [0.4, 0.5) is 0 Å². The molecule has 0 aromatic carbocycles.